The lowest BCUT2D eigenvalue weighted by atomic mass is 10.1. The quantitative estimate of drug-likeness (QED) is 0.561. The molecule has 2 heterocycles. The van der Waals surface area contributed by atoms with Gasteiger partial charge in [-0.3, -0.25) is 4.79 Å². The molecule has 28 heavy (non-hydrogen) atoms. The van der Waals surface area contributed by atoms with Crippen LogP contribution in [0.1, 0.15) is 11.7 Å². The molecule has 0 aliphatic rings. The van der Waals surface area contributed by atoms with Crippen LogP contribution in [0.5, 0.6) is 5.75 Å². The molecule has 4 aromatic rings. The Kier molecular flexibility index (Phi) is 4.90. The smallest absolute Gasteiger partial charge is 0.276 e. The van der Waals surface area contributed by atoms with E-state index in [4.69, 9.17) is 16.3 Å². The van der Waals surface area contributed by atoms with Crippen LogP contribution in [0.25, 0.3) is 16.8 Å². The van der Waals surface area contributed by atoms with E-state index in [1.807, 2.05) is 24.3 Å². The molecule has 1 N–H and O–H groups in total. The molecule has 6 nitrogen and oxygen atoms in total. The zero-order valence-electron chi connectivity index (χ0n) is 15.1. The summed E-state index contributed by atoms with van der Waals surface area (Å²) in [5, 5.41) is 15.5. The first kappa shape index (κ1) is 18.3. The monoisotopic (exact) mass is 395 g/mol. The molecule has 142 valence electrons. The average Bonchev–Trinajstić information content (AvgIpc) is 3.16. The molecule has 0 aliphatic carbocycles. The van der Waals surface area contributed by atoms with E-state index in [0.29, 0.717) is 21.8 Å². The van der Waals surface area contributed by atoms with Gasteiger partial charge in [0.25, 0.3) is 5.56 Å². The summed E-state index contributed by atoms with van der Waals surface area (Å²) < 4.78 is 8.27. The van der Waals surface area contributed by atoms with Crippen molar-refractivity contribution >= 4 is 17.1 Å². The minimum atomic E-state index is -0.821. The standard InChI is InChI=1S/C21H18ClN3O3/c1-28-17-4-2-3-15(11-17)18-12-19-21(27)24(9-10-25(19)23-18)13-20(26)14-5-7-16(22)8-6-14/h2-12,20,26H,13H2,1H3/t20-/m1/s1. The number of ether oxygens (including phenoxy) is 1. The van der Waals surface area contributed by atoms with Gasteiger partial charge in [-0.25, -0.2) is 4.52 Å². The topological polar surface area (TPSA) is 68.8 Å². The van der Waals surface area contributed by atoms with E-state index in [1.54, 1.807) is 54.4 Å². The second-order valence-electron chi connectivity index (χ2n) is 6.41. The Labute approximate surface area is 166 Å². The lowest BCUT2D eigenvalue weighted by Crippen LogP contribution is -2.24. The summed E-state index contributed by atoms with van der Waals surface area (Å²) in [5.74, 6) is 0.720. The van der Waals surface area contributed by atoms with E-state index in [0.717, 1.165) is 11.3 Å². The van der Waals surface area contributed by atoms with E-state index >= 15 is 0 Å². The average molecular weight is 396 g/mol. The summed E-state index contributed by atoms with van der Waals surface area (Å²) in [5.41, 5.74) is 2.43. The molecule has 2 aromatic carbocycles. The van der Waals surface area contributed by atoms with Crippen molar-refractivity contribution in [2.75, 3.05) is 7.11 Å². The van der Waals surface area contributed by atoms with E-state index in [2.05, 4.69) is 5.10 Å². The molecular weight excluding hydrogens is 378 g/mol. The summed E-state index contributed by atoms with van der Waals surface area (Å²) in [6, 6.07) is 16.2. The first-order chi connectivity index (χ1) is 13.5. The lowest BCUT2D eigenvalue weighted by molar-refractivity contribution is 0.155. The van der Waals surface area contributed by atoms with Gasteiger partial charge in [0.05, 0.1) is 25.5 Å². The van der Waals surface area contributed by atoms with E-state index in [1.165, 1.54) is 4.57 Å². The maximum absolute atomic E-state index is 12.9. The maximum Gasteiger partial charge on any atom is 0.276 e. The molecular formula is C21H18ClN3O3. The molecule has 0 amide bonds. The number of hydrogen-bond donors (Lipinski definition) is 1. The summed E-state index contributed by atoms with van der Waals surface area (Å²) in [4.78, 5) is 12.9. The number of aliphatic hydroxyl groups excluding tert-OH is 1. The molecule has 0 radical (unpaired) electrons. The zero-order chi connectivity index (χ0) is 19.7. The number of hydrogen-bond acceptors (Lipinski definition) is 4. The second-order valence-corrected chi connectivity index (χ2v) is 6.85. The summed E-state index contributed by atoms with van der Waals surface area (Å²) in [6.45, 7) is 0.136. The third kappa shape index (κ3) is 3.52. The van der Waals surface area contributed by atoms with Gasteiger partial charge in [0, 0.05) is 23.0 Å². The Balaban J connectivity index is 1.67. The molecule has 0 spiro atoms. The van der Waals surface area contributed by atoms with Crippen molar-refractivity contribution in [3.8, 4) is 17.0 Å². The molecule has 4 rings (SSSR count). The van der Waals surface area contributed by atoms with Crippen molar-refractivity contribution in [1.82, 2.24) is 14.2 Å². The predicted molar refractivity (Wildman–Crippen MR) is 108 cm³/mol. The molecule has 0 aliphatic heterocycles. The van der Waals surface area contributed by atoms with Crippen molar-refractivity contribution in [3.63, 3.8) is 0 Å². The minimum Gasteiger partial charge on any atom is -0.497 e. The van der Waals surface area contributed by atoms with Gasteiger partial charge in [-0.2, -0.15) is 5.10 Å². The fraction of sp³-hybridized carbons (Fsp3) is 0.143. The first-order valence-corrected chi connectivity index (χ1v) is 9.10. The van der Waals surface area contributed by atoms with E-state index in [-0.39, 0.29) is 12.1 Å². The molecule has 0 saturated heterocycles. The van der Waals surface area contributed by atoms with Crippen LogP contribution in [0, 0.1) is 0 Å². The molecule has 0 saturated carbocycles. The van der Waals surface area contributed by atoms with Crippen molar-refractivity contribution in [2.45, 2.75) is 12.6 Å². The SMILES string of the molecule is COc1cccc(-c2cc3c(=O)n(C[C@@H](O)c4ccc(Cl)cc4)ccn3n2)c1. The van der Waals surface area contributed by atoms with Crippen LogP contribution in [0.4, 0.5) is 0 Å². The summed E-state index contributed by atoms with van der Waals surface area (Å²) >= 11 is 5.88. The number of aliphatic hydroxyl groups is 1. The Morgan fingerprint density at radius 1 is 1.14 bits per heavy atom. The van der Waals surface area contributed by atoms with Gasteiger partial charge in [-0.1, -0.05) is 35.9 Å². The highest BCUT2D eigenvalue weighted by atomic mass is 35.5. The highest BCUT2D eigenvalue weighted by Crippen LogP contribution is 2.23. The Morgan fingerprint density at radius 3 is 2.68 bits per heavy atom. The van der Waals surface area contributed by atoms with Gasteiger partial charge in [0.15, 0.2) is 0 Å². The molecule has 2 aromatic heterocycles. The number of rotatable bonds is 5. The Hall–Kier alpha value is -3.09. The summed E-state index contributed by atoms with van der Waals surface area (Å²) in [6.07, 6.45) is 2.50. The van der Waals surface area contributed by atoms with Gasteiger partial charge in [-0.15, -0.1) is 0 Å². The third-order valence-electron chi connectivity index (χ3n) is 4.59. The second kappa shape index (κ2) is 7.50. The van der Waals surface area contributed by atoms with Gasteiger partial charge >= 0.3 is 0 Å². The van der Waals surface area contributed by atoms with Gasteiger partial charge in [0.2, 0.25) is 0 Å². The number of nitrogens with zero attached hydrogens (tertiary/aromatic N) is 3. The van der Waals surface area contributed by atoms with Crippen molar-refractivity contribution in [3.05, 3.63) is 87.9 Å². The Morgan fingerprint density at radius 2 is 1.93 bits per heavy atom. The minimum absolute atomic E-state index is 0.136. The van der Waals surface area contributed by atoms with Gasteiger partial charge in [0.1, 0.15) is 11.3 Å². The third-order valence-corrected chi connectivity index (χ3v) is 4.85. The number of methoxy groups -OCH3 is 1. The van der Waals surface area contributed by atoms with Crippen LogP contribution in [0.15, 0.2) is 71.8 Å². The van der Waals surface area contributed by atoms with E-state index < -0.39 is 6.10 Å². The van der Waals surface area contributed by atoms with Crippen LogP contribution in [-0.2, 0) is 6.54 Å². The predicted octanol–water partition coefficient (Wildman–Crippen LogP) is 3.56. The zero-order valence-corrected chi connectivity index (χ0v) is 15.9. The van der Waals surface area contributed by atoms with Gasteiger partial charge in [-0.05, 0) is 35.9 Å². The normalized spacial score (nSPS) is 12.2. The highest BCUT2D eigenvalue weighted by Gasteiger charge is 2.13. The van der Waals surface area contributed by atoms with Crippen LogP contribution in [0.3, 0.4) is 0 Å². The van der Waals surface area contributed by atoms with Crippen LogP contribution < -0.4 is 10.3 Å². The summed E-state index contributed by atoms with van der Waals surface area (Å²) in [7, 11) is 1.60. The van der Waals surface area contributed by atoms with E-state index in [9.17, 15) is 9.90 Å². The number of fused-ring (bicyclic) bond motifs is 1. The molecule has 7 heteroatoms. The largest absolute Gasteiger partial charge is 0.497 e. The Bertz CT molecular complexity index is 1180. The number of aromatic nitrogens is 3. The molecule has 0 unspecified atom stereocenters. The van der Waals surface area contributed by atoms with Crippen LogP contribution in [-0.4, -0.2) is 26.4 Å². The van der Waals surface area contributed by atoms with Crippen LogP contribution in [0.2, 0.25) is 5.02 Å². The maximum atomic E-state index is 12.9. The molecule has 0 fully saturated rings. The van der Waals surface area contributed by atoms with Crippen molar-refractivity contribution in [1.29, 1.82) is 0 Å². The molecule has 0 bridgehead atoms. The first-order valence-electron chi connectivity index (χ1n) is 8.72. The number of benzene rings is 2. The van der Waals surface area contributed by atoms with Crippen molar-refractivity contribution < 1.29 is 9.84 Å². The highest BCUT2D eigenvalue weighted by molar-refractivity contribution is 6.30. The van der Waals surface area contributed by atoms with Gasteiger partial charge < -0.3 is 14.4 Å². The fourth-order valence-corrected chi connectivity index (χ4v) is 3.20. The lowest BCUT2D eigenvalue weighted by Gasteiger charge is -2.13. The number of halogens is 1. The fourth-order valence-electron chi connectivity index (χ4n) is 3.07. The van der Waals surface area contributed by atoms with Crippen molar-refractivity contribution in [2.24, 2.45) is 0 Å². The van der Waals surface area contributed by atoms with Crippen LogP contribution >= 0.6 is 11.6 Å². The molecule has 1 atom stereocenters.